The van der Waals surface area contributed by atoms with E-state index in [1.54, 1.807) is 24.3 Å². The van der Waals surface area contributed by atoms with E-state index in [2.05, 4.69) is 5.32 Å². The van der Waals surface area contributed by atoms with Crippen LogP contribution in [-0.4, -0.2) is 57.1 Å². The molecule has 1 N–H and O–H groups in total. The second kappa shape index (κ2) is 14.0. The summed E-state index contributed by atoms with van der Waals surface area (Å²) in [5.41, 5.74) is 2.97. The fourth-order valence-electron chi connectivity index (χ4n) is 4.40. The van der Waals surface area contributed by atoms with Crippen molar-refractivity contribution in [1.82, 2.24) is 10.2 Å². The molecular weight excluding hydrogens is 526 g/mol. The van der Waals surface area contributed by atoms with E-state index in [9.17, 15) is 18.0 Å². The van der Waals surface area contributed by atoms with E-state index in [4.69, 9.17) is 4.74 Å². The van der Waals surface area contributed by atoms with Gasteiger partial charge in [0.05, 0.1) is 19.1 Å². The summed E-state index contributed by atoms with van der Waals surface area (Å²) >= 11 is 0. The number of ether oxygens (including phenoxy) is 1. The normalized spacial score (nSPS) is 12.7. The molecule has 3 aromatic rings. The third-order valence-electron chi connectivity index (χ3n) is 6.91. The highest BCUT2D eigenvalue weighted by Crippen LogP contribution is 2.30. The van der Waals surface area contributed by atoms with Crippen LogP contribution in [0.15, 0.2) is 78.9 Å². The minimum absolute atomic E-state index is 0.0951. The Morgan fingerprint density at radius 1 is 0.950 bits per heavy atom. The summed E-state index contributed by atoms with van der Waals surface area (Å²) in [5, 5.41) is 3.03. The zero-order valence-corrected chi connectivity index (χ0v) is 24.6. The van der Waals surface area contributed by atoms with Gasteiger partial charge in [-0.1, -0.05) is 73.7 Å². The molecule has 2 atom stereocenters. The van der Waals surface area contributed by atoms with Crippen LogP contribution >= 0.6 is 0 Å². The first-order chi connectivity index (χ1) is 19.0. The van der Waals surface area contributed by atoms with Gasteiger partial charge in [0, 0.05) is 19.0 Å². The first-order valence-electron chi connectivity index (χ1n) is 13.3. The number of benzene rings is 3. The summed E-state index contributed by atoms with van der Waals surface area (Å²) in [5.74, 6) is -0.468. The Kier molecular flexibility index (Phi) is 10.7. The maximum Gasteiger partial charge on any atom is 0.244 e. The van der Waals surface area contributed by atoms with Gasteiger partial charge < -0.3 is 15.0 Å². The van der Waals surface area contributed by atoms with Crippen LogP contribution in [0.25, 0.3) is 0 Å². The van der Waals surface area contributed by atoms with Crippen LogP contribution < -0.4 is 14.4 Å². The molecule has 8 nitrogen and oxygen atoms in total. The number of aryl methyl sites for hydroxylation is 1. The molecule has 3 rings (SSSR count). The zero-order chi connectivity index (χ0) is 29.3. The first-order valence-corrected chi connectivity index (χ1v) is 15.2. The monoisotopic (exact) mass is 565 g/mol. The largest absolute Gasteiger partial charge is 0.495 e. The number of nitrogens with one attached hydrogen (secondary N) is 1. The number of para-hydroxylation sites is 2. The molecule has 9 heteroatoms. The Labute approximate surface area is 238 Å². The molecule has 0 bridgehead atoms. The van der Waals surface area contributed by atoms with Crippen LogP contribution in [-0.2, 0) is 32.6 Å². The summed E-state index contributed by atoms with van der Waals surface area (Å²) < 4.78 is 32.4. The predicted octanol–water partition coefficient (Wildman–Crippen LogP) is 4.32. The number of hydrogen-bond acceptors (Lipinski definition) is 5. The van der Waals surface area contributed by atoms with Crippen molar-refractivity contribution in [3.05, 3.63) is 95.6 Å². The predicted molar refractivity (Wildman–Crippen MR) is 159 cm³/mol. The van der Waals surface area contributed by atoms with Crippen molar-refractivity contribution < 1.29 is 22.7 Å². The average molecular weight is 566 g/mol. The van der Waals surface area contributed by atoms with E-state index in [1.807, 2.05) is 75.4 Å². The third-order valence-corrected chi connectivity index (χ3v) is 8.03. The maximum atomic E-state index is 14.2. The molecule has 0 spiro atoms. The molecule has 0 aliphatic carbocycles. The number of nitrogens with zero attached hydrogens (tertiary/aromatic N) is 2. The number of rotatable bonds is 13. The van der Waals surface area contributed by atoms with Gasteiger partial charge in [0.25, 0.3) is 0 Å². The lowest BCUT2D eigenvalue weighted by atomic mass is 10.0. The fraction of sp³-hybridized carbons (Fsp3) is 0.355. The third kappa shape index (κ3) is 8.08. The van der Waals surface area contributed by atoms with Gasteiger partial charge in [0.1, 0.15) is 18.3 Å². The molecule has 2 amide bonds. The second-order valence-electron chi connectivity index (χ2n) is 9.91. The van der Waals surface area contributed by atoms with E-state index in [1.165, 1.54) is 12.0 Å². The molecule has 0 fully saturated rings. The van der Waals surface area contributed by atoms with Gasteiger partial charge in [0.2, 0.25) is 21.8 Å². The van der Waals surface area contributed by atoms with Crippen molar-refractivity contribution in [3.8, 4) is 5.75 Å². The average Bonchev–Trinajstić information content (AvgIpc) is 2.94. The Hall–Kier alpha value is -3.85. The van der Waals surface area contributed by atoms with Gasteiger partial charge in [-0.3, -0.25) is 13.9 Å². The Morgan fingerprint density at radius 3 is 2.20 bits per heavy atom. The molecule has 40 heavy (non-hydrogen) atoms. The van der Waals surface area contributed by atoms with Crippen LogP contribution in [0.5, 0.6) is 5.75 Å². The van der Waals surface area contributed by atoms with E-state index in [0.29, 0.717) is 5.75 Å². The molecule has 0 aliphatic rings. The van der Waals surface area contributed by atoms with Crippen LogP contribution in [0.4, 0.5) is 5.69 Å². The zero-order valence-electron chi connectivity index (χ0n) is 23.8. The van der Waals surface area contributed by atoms with Gasteiger partial charge in [-0.15, -0.1) is 0 Å². The Balaban J connectivity index is 2.09. The highest BCUT2D eigenvalue weighted by atomic mass is 32.2. The Morgan fingerprint density at radius 2 is 1.57 bits per heavy atom. The lowest BCUT2D eigenvalue weighted by Crippen LogP contribution is -2.54. The van der Waals surface area contributed by atoms with Crippen molar-refractivity contribution in [2.24, 2.45) is 0 Å². The standard InChI is InChI=1S/C31H39N3O5S/c1-6-24(3)32-31(36)28(20-25-15-8-7-9-16-25)33(21-26-17-11-10-14-23(26)2)30(35)22-34(40(5,37)38)27-18-12-13-19-29(27)39-4/h7-19,24,28H,6,20-22H2,1-5H3,(H,32,36)/t24-,28+/m1/s1. The molecular formula is C31H39N3O5S. The van der Waals surface area contributed by atoms with Crippen LogP contribution in [0.2, 0.25) is 0 Å². The number of methoxy groups -OCH3 is 1. The summed E-state index contributed by atoms with van der Waals surface area (Å²) in [7, 11) is -2.44. The molecule has 0 heterocycles. The number of sulfonamides is 1. The summed E-state index contributed by atoms with van der Waals surface area (Å²) in [4.78, 5) is 29.4. The lowest BCUT2D eigenvalue weighted by molar-refractivity contribution is -0.140. The number of carbonyl (C=O) groups is 2. The minimum atomic E-state index is -3.88. The SMILES string of the molecule is CC[C@@H](C)NC(=O)[C@H](Cc1ccccc1)N(Cc1ccccc1C)C(=O)CN(c1ccccc1OC)S(C)(=O)=O. The molecule has 0 saturated heterocycles. The second-order valence-corrected chi connectivity index (χ2v) is 11.8. The molecule has 214 valence electrons. The van der Waals surface area contributed by atoms with E-state index >= 15 is 0 Å². The smallest absolute Gasteiger partial charge is 0.244 e. The van der Waals surface area contributed by atoms with Crippen molar-refractivity contribution >= 4 is 27.5 Å². The summed E-state index contributed by atoms with van der Waals surface area (Å²) in [6.07, 6.45) is 2.05. The highest BCUT2D eigenvalue weighted by Gasteiger charge is 2.34. The fourth-order valence-corrected chi connectivity index (χ4v) is 5.25. The minimum Gasteiger partial charge on any atom is -0.495 e. The highest BCUT2D eigenvalue weighted by molar-refractivity contribution is 7.92. The van der Waals surface area contributed by atoms with Crippen LogP contribution in [0.1, 0.15) is 37.0 Å². The topological polar surface area (TPSA) is 96.0 Å². The van der Waals surface area contributed by atoms with E-state index < -0.39 is 28.5 Å². The van der Waals surface area contributed by atoms with Gasteiger partial charge in [-0.25, -0.2) is 8.42 Å². The number of hydrogen-bond donors (Lipinski definition) is 1. The van der Waals surface area contributed by atoms with Crippen molar-refractivity contribution in [1.29, 1.82) is 0 Å². The number of carbonyl (C=O) groups excluding carboxylic acids is 2. The van der Waals surface area contributed by atoms with Gasteiger partial charge in [-0.05, 0) is 49.1 Å². The van der Waals surface area contributed by atoms with E-state index in [-0.39, 0.29) is 30.6 Å². The van der Waals surface area contributed by atoms with Crippen molar-refractivity contribution in [2.45, 2.75) is 52.2 Å². The number of amides is 2. The molecule has 0 unspecified atom stereocenters. The molecule has 0 radical (unpaired) electrons. The molecule has 0 aromatic heterocycles. The quantitative estimate of drug-likeness (QED) is 0.333. The molecule has 0 aliphatic heterocycles. The van der Waals surface area contributed by atoms with Crippen molar-refractivity contribution in [3.63, 3.8) is 0 Å². The van der Waals surface area contributed by atoms with Gasteiger partial charge in [-0.2, -0.15) is 0 Å². The van der Waals surface area contributed by atoms with E-state index in [0.717, 1.165) is 33.7 Å². The van der Waals surface area contributed by atoms with Crippen LogP contribution in [0.3, 0.4) is 0 Å². The van der Waals surface area contributed by atoms with Gasteiger partial charge in [0.15, 0.2) is 0 Å². The maximum absolute atomic E-state index is 14.2. The summed E-state index contributed by atoms with van der Waals surface area (Å²) in [6.45, 7) is 5.48. The summed E-state index contributed by atoms with van der Waals surface area (Å²) in [6, 6.07) is 22.8. The van der Waals surface area contributed by atoms with Crippen molar-refractivity contribution in [2.75, 3.05) is 24.2 Å². The first kappa shape index (κ1) is 30.7. The van der Waals surface area contributed by atoms with Crippen LogP contribution in [0, 0.1) is 6.92 Å². The lowest BCUT2D eigenvalue weighted by Gasteiger charge is -2.34. The molecule has 3 aromatic carbocycles. The van der Waals surface area contributed by atoms with Gasteiger partial charge >= 0.3 is 0 Å². The molecule has 0 saturated carbocycles. The Bertz CT molecular complexity index is 1390. The number of anilines is 1.